The number of hydrogen-bond donors (Lipinski definition) is 3. The number of nitrogens with zero attached hydrogens (tertiary/aromatic N) is 3. The van der Waals surface area contributed by atoms with E-state index >= 15 is 0 Å². The summed E-state index contributed by atoms with van der Waals surface area (Å²) in [5.41, 5.74) is 3.33. The summed E-state index contributed by atoms with van der Waals surface area (Å²) in [5, 5.41) is 12.4. The molecule has 0 aromatic carbocycles. The Balaban J connectivity index is 1.43. The molecule has 1 atom stereocenters. The number of amides is 2. The minimum Gasteiger partial charge on any atom is -0.381 e. The third kappa shape index (κ3) is 3.80. The van der Waals surface area contributed by atoms with Gasteiger partial charge in [0.1, 0.15) is 5.82 Å². The summed E-state index contributed by atoms with van der Waals surface area (Å²) in [6, 6.07) is 5.25. The van der Waals surface area contributed by atoms with Crippen molar-refractivity contribution >= 4 is 22.9 Å². The molecule has 0 radical (unpaired) electrons. The maximum Gasteiger partial charge on any atom is 0.320 e. The number of nitrogens with one attached hydrogen (secondary N) is 3. The number of pyridine rings is 2. The summed E-state index contributed by atoms with van der Waals surface area (Å²) >= 11 is 0. The van der Waals surface area contributed by atoms with Crippen LogP contribution < -0.4 is 10.6 Å². The predicted octanol–water partition coefficient (Wildman–Crippen LogP) is 2.57. The highest BCUT2D eigenvalue weighted by Gasteiger charge is 2.15. The number of anilines is 1. The number of rotatable bonds is 4. The number of urea groups is 1. The van der Waals surface area contributed by atoms with E-state index in [4.69, 9.17) is 4.74 Å². The van der Waals surface area contributed by atoms with Crippen molar-refractivity contribution in [2.45, 2.75) is 12.8 Å². The Morgan fingerprint density at radius 1 is 1.27 bits per heavy atom. The lowest BCUT2D eigenvalue weighted by molar-refractivity contribution is 0.0559. The van der Waals surface area contributed by atoms with Gasteiger partial charge in [-0.05, 0) is 37.0 Å². The molecule has 4 heterocycles. The molecule has 0 spiro atoms. The topological polar surface area (TPSA) is 105 Å². The molecule has 8 nitrogen and oxygen atoms in total. The van der Waals surface area contributed by atoms with Gasteiger partial charge in [0.05, 0.1) is 23.8 Å². The Morgan fingerprint density at radius 3 is 3.04 bits per heavy atom. The minimum atomic E-state index is -0.263. The third-order valence-corrected chi connectivity index (χ3v) is 4.42. The smallest absolute Gasteiger partial charge is 0.320 e. The summed E-state index contributed by atoms with van der Waals surface area (Å²) in [5.74, 6) is 0.863. The van der Waals surface area contributed by atoms with E-state index in [1.54, 1.807) is 24.7 Å². The molecule has 0 saturated carbocycles. The van der Waals surface area contributed by atoms with Gasteiger partial charge in [0.2, 0.25) is 0 Å². The second-order valence-corrected chi connectivity index (χ2v) is 6.36. The van der Waals surface area contributed by atoms with Crippen molar-refractivity contribution in [3.05, 3.63) is 36.8 Å². The fourth-order valence-corrected chi connectivity index (χ4v) is 3.01. The van der Waals surface area contributed by atoms with Crippen LogP contribution in [0.15, 0.2) is 36.8 Å². The van der Waals surface area contributed by atoms with Gasteiger partial charge in [0.25, 0.3) is 0 Å². The number of fused-ring (bicyclic) bond motifs is 1. The monoisotopic (exact) mass is 352 g/mol. The number of carbonyl (C=O) groups is 1. The summed E-state index contributed by atoms with van der Waals surface area (Å²) in [6.45, 7) is 2.13. The molecule has 3 aromatic rings. The van der Waals surface area contributed by atoms with Crippen LogP contribution in [0.3, 0.4) is 0 Å². The molecule has 1 aliphatic heterocycles. The van der Waals surface area contributed by atoms with Crippen LogP contribution in [-0.2, 0) is 4.74 Å². The first kappa shape index (κ1) is 16.5. The largest absolute Gasteiger partial charge is 0.381 e. The van der Waals surface area contributed by atoms with E-state index in [1.165, 1.54) is 0 Å². The lowest BCUT2D eigenvalue weighted by atomic mass is 10.0. The van der Waals surface area contributed by atoms with Crippen LogP contribution in [0.2, 0.25) is 0 Å². The average Bonchev–Trinajstić information content (AvgIpc) is 3.21. The van der Waals surface area contributed by atoms with Crippen LogP contribution in [0.4, 0.5) is 10.6 Å². The lowest BCUT2D eigenvalue weighted by Gasteiger charge is -2.22. The van der Waals surface area contributed by atoms with E-state index in [1.807, 2.05) is 12.1 Å². The number of aromatic nitrogens is 4. The van der Waals surface area contributed by atoms with Crippen LogP contribution in [0, 0.1) is 5.92 Å². The molecule has 1 aliphatic rings. The van der Waals surface area contributed by atoms with Gasteiger partial charge < -0.3 is 10.1 Å². The van der Waals surface area contributed by atoms with Crippen molar-refractivity contribution < 1.29 is 9.53 Å². The van der Waals surface area contributed by atoms with Crippen molar-refractivity contribution in [3.63, 3.8) is 0 Å². The van der Waals surface area contributed by atoms with Gasteiger partial charge in [-0.1, -0.05) is 0 Å². The highest BCUT2D eigenvalue weighted by molar-refractivity contribution is 5.90. The zero-order chi connectivity index (χ0) is 17.8. The quantitative estimate of drug-likeness (QED) is 0.669. The number of ether oxygens (including phenoxy) is 1. The summed E-state index contributed by atoms with van der Waals surface area (Å²) in [6.07, 6.45) is 7.44. The minimum absolute atomic E-state index is 0.263. The zero-order valence-electron chi connectivity index (χ0n) is 14.2. The Morgan fingerprint density at radius 2 is 2.23 bits per heavy atom. The number of hydrogen-bond acceptors (Lipinski definition) is 5. The van der Waals surface area contributed by atoms with Crippen LogP contribution in [-0.4, -0.2) is 46.0 Å². The van der Waals surface area contributed by atoms with Crippen LogP contribution in [0.5, 0.6) is 0 Å². The third-order valence-electron chi connectivity index (χ3n) is 4.42. The Bertz CT molecular complexity index is 890. The van der Waals surface area contributed by atoms with E-state index in [0.29, 0.717) is 30.4 Å². The summed E-state index contributed by atoms with van der Waals surface area (Å²) in [4.78, 5) is 21.0. The van der Waals surface area contributed by atoms with Gasteiger partial charge in [0, 0.05) is 36.7 Å². The first-order valence-electron chi connectivity index (χ1n) is 8.66. The first-order valence-corrected chi connectivity index (χ1v) is 8.66. The summed E-state index contributed by atoms with van der Waals surface area (Å²) < 4.78 is 5.42. The van der Waals surface area contributed by atoms with Crippen molar-refractivity contribution in [1.29, 1.82) is 0 Å². The molecule has 2 amide bonds. The average molecular weight is 352 g/mol. The summed E-state index contributed by atoms with van der Waals surface area (Å²) in [7, 11) is 0. The van der Waals surface area contributed by atoms with E-state index in [9.17, 15) is 4.79 Å². The van der Waals surface area contributed by atoms with Crippen molar-refractivity contribution in [3.8, 4) is 11.1 Å². The Labute approximate surface area is 150 Å². The number of aromatic amines is 1. The van der Waals surface area contributed by atoms with Gasteiger partial charge in [-0.3, -0.25) is 15.4 Å². The molecule has 4 rings (SSSR count). The van der Waals surface area contributed by atoms with Gasteiger partial charge in [-0.2, -0.15) is 5.10 Å². The van der Waals surface area contributed by atoms with Gasteiger partial charge >= 0.3 is 6.03 Å². The highest BCUT2D eigenvalue weighted by Crippen LogP contribution is 2.21. The van der Waals surface area contributed by atoms with E-state index in [0.717, 1.165) is 36.1 Å². The zero-order valence-corrected chi connectivity index (χ0v) is 14.2. The molecule has 0 bridgehead atoms. The fourth-order valence-electron chi connectivity index (χ4n) is 3.01. The highest BCUT2D eigenvalue weighted by atomic mass is 16.5. The SMILES string of the molecule is O=C(NCC1CCCOC1)Nc1ccc2ncc(-c3cn[nH]c3)cc2n1. The van der Waals surface area contributed by atoms with Gasteiger partial charge in [-0.15, -0.1) is 0 Å². The molecule has 1 fully saturated rings. The van der Waals surface area contributed by atoms with E-state index in [2.05, 4.69) is 30.8 Å². The molecular weight excluding hydrogens is 332 g/mol. The standard InChI is InChI=1S/C18H20N6O2/c25-18(20-7-12-2-1-5-26-11-12)24-17-4-3-15-16(23-17)6-13(8-19-15)14-9-21-22-10-14/h3-4,6,8-10,12H,1-2,5,7,11H2,(H,21,22)(H2,20,23,24,25). The van der Waals surface area contributed by atoms with Gasteiger partial charge in [0.15, 0.2) is 0 Å². The van der Waals surface area contributed by atoms with Crippen molar-refractivity contribution in [2.24, 2.45) is 5.92 Å². The molecular formula is C18H20N6O2. The maximum atomic E-state index is 12.1. The molecule has 0 aliphatic carbocycles. The molecule has 1 saturated heterocycles. The second-order valence-electron chi connectivity index (χ2n) is 6.36. The fraction of sp³-hybridized carbons (Fsp3) is 0.333. The second kappa shape index (κ2) is 7.49. The van der Waals surface area contributed by atoms with E-state index in [-0.39, 0.29) is 6.03 Å². The van der Waals surface area contributed by atoms with E-state index < -0.39 is 0 Å². The van der Waals surface area contributed by atoms with Crippen LogP contribution in [0.1, 0.15) is 12.8 Å². The van der Waals surface area contributed by atoms with Crippen molar-refractivity contribution in [1.82, 2.24) is 25.5 Å². The normalized spacial score (nSPS) is 17.2. The lowest BCUT2D eigenvalue weighted by Crippen LogP contribution is -2.36. The van der Waals surface area contributed by atoms with Crippen LogP contribution >= 0.6 is 0 Å². The maximum absolute atomic E-state index is 12.1. The Kier molecular flexibility index (Phi) is 4.74. The molecule has 1 unspecified atom stereocenters. The molecule has 3 N–H and O–H groups in total. The molecule has 26 heavy (non-hydrogen) atoms. The number of carbonyl (C=O) groups excluding carboxylic acids is 1. The van der Waals surface area contributed by atoms with Crippen molar-refractivity contribution in [2.75, 3.05) is 25.1 Å². The molecule has 134 valence electrons. The molecule has 8 heteroatoms. The van der Waals surface area contributed by atoms with Crippen LogP contribution in [0.25, 0.3) is 22.2 Å². The Hall–Kier alpha value is -3.00. The number of H-pyrrole nitrogens is 1. The predicted molar refractivity (Wildman–Crippen MR) is 97.7 cm³/mol. The first-order chi connectivity index (χ1) is 12.8. The van der Waals surface area contributed by atoms with Gasteiger partial charge in [-0.25, -0.2) is 9.78 Å². The molecule has 3 aromatic heterocycles.